The van der Waals surface area contributed by atoms with Gasteiger partial charge in [-0.05, 0) is 41.9 Å². The molecule has 0 bridgehead atoms. The van der Waals surface area contributed by atoms with Crippen molar-refractivity contribution in [2.24, 2.45) is 0 Å². The molecule has 1 aromatic rings. The quantitative estimate of drug-likeness (QED) is 0.664. The standard InChI is InChI=1S/C14H21/c1-6-12-7-8-13(10(2)3)14(9-12)11(4)5/h7-11H,1,6H2,2-5H3. The Labute approximate surface area is 88.4 Å². The molecule has 0 heteroatoms. The van der Waals surface area contributed by atoms with Gasteiger partial charge in [0.1, 0.15) is 0 Å². The normalized spacial score (nSPS) is 11.4. The van der Waals surface area contributed by atoms with E-state index in [9.17, 15) is 0 Å². The number of rotatable bonds is 3. The molecule has 0 saturated heterocycles. The van der Waals surface area contributed by atoms with Crippen molar-refractivity contribution in [2.45, 2.75) is 46.0 Å². The van der Waals surface area contributed by atoms with Crippen molar-refractivity contribution < 1.29 is 0 Å². The molecule has 0 fully saturated rings. The zero-order valence-corrected chi connectivity index (χ0v) is 9.80. The van der Waals surface area contributed by atoms with Crippen LogP contribution in [0.3, 0.4) is 0 Å². The van der Waals surface area contributed by atoms with E-state index < -0.39 is 0 Å². The van der Waals surface area contributed by atoms with Crippen LogP contribution in [0, 0.1) is 6.92 Å². The predicted octanol–water partition coefficient (Wildman–Crippen LogP) is 4.31. The van der Waals surface area contributed by atoms with E-state index in [1.807, 2.05) is 0 Å². The zero-order chi connectivity index (χ0) is 10.7. The Kier molecular flexibility index (Phi) is 3.74. The molecule has 0 spiro atoms. The third kappa shape index (κ3) is 2.37. The summed E-state index contributed by atoms with van der Waals surface area (Å²) in [6, 6.07) is 6.78. The summed E-state index contributed by atoms with van der Waals surface area (Å²) in [5, 5.41) is 0. The first-order chi connectivity index (χ1) is 6.56. The molecule has 77 valence electrons. The Morgan fingerprint density at radius 1 is 1.00 bits per heavy atom. The van der Waals surface area contributed by atoms with Crippen molar-refractivity contribution in [3.8, 4) is 0 Å². The lowest BCUT2D eigenvalue weighted by atomic mass is 9.89. The van der Waals surface area contributed by atoms with Gasteiger partial charge in [-0.3, -0.25) is 0 Å². The van der Waals surface area contributed by atoms with Crippen molar-refractivity contribution >= 4 is 0 Å². The SMILES string of the molecule is [CH2]Cc1ccc(C(C)C)c(C(C)C)c1. The van der Waals surface area contributed by atoms with Crippen molar-refractivity contribution in [1.29, 1.82) is 0 Å². The van der Waals surface area contributed by atoms with Crippen molar-refractivity contribution in [2.75, 3.05) is 0 Å². The first-order valence-electron chi connectivity index (χ1n) is 5.48. The monoisotopic (exact) mass is 189 g/mol. The van der Waals surface area contributed by atoms with Gasteiger partial charge in [-0.15, -0.1) is 0 Å². The summed E-state index contributed by atoms with van der Waals surface area (Å²) in [7, 11) is 0. The predicted molar refractivity (Wildman–Crippen MR) is 63.7 cm³/mol. The Bertz CT molecular complexity index is 295. The summed E-state index contributed by atoms with van der Waals surface area (Å²) in [5.74, 6) is 1.23. The number of hydrogen-bond acceptors (Lipinski definition) is 0. The van der Waals surface area contributed by atoms with Crippen LogP contribution in [-0.4, -0.2) is 0 Å². The van der Waals surface area contributed by atoms with Gasteiger partial charge < -0.3 is 0 Å². The summed E-state index contributed by atoms with van der Waals surface area (Å²) < 4.78 is 0. The van der Waals surface area contributed by atoms with E-state index in [2.05, 4.69) is 52.8 Å². The first-order valence-corrected chi connectivity index (χ1v) is 5.48. The van der Waals surface area contributed by atoms with E-state index in [4.69, 9.17) is 0 Å². The molecule has 0 nitrogen and oxygen atoms in total. The van der Waals surface area contributed by atoms with Gasteiger partial charge in [0, 0.05) is 0 Å². The Hall–Kier alpha value is -0.780. The molecule has 0 aliphatic carbocycles. The van der Waals surface area contributed by atoms with Crippen LogP contribution in [0.4, 0.5) is 0 Å². The highest BCUT2D eigenvalue weighted by Gasteiger charge is 2.09. The second kappa shape index (κ2) is 4.63. The highest BCUT2D eigenvalue weighted by Crippen LogP contribution is 2.27. The molecule has 0 saturated carbocycles. The first kappa shape index (κ1) is 11.3. The van der Waals surface area contributed by atoms with Gasteiger partial charge in [-0.2, -0.15) is 0 Å². The van der Waals surface area contributed by atoms with E-state index in [-0.39, 0.29) is 0 Å². The molecule has 1 rings (SSSR count). The average molecular weight is 189 g/mol. The molecule has 0 amide bonds. The highest BCUT2D eigenvalue weighted by atomic mass is 14.1. The minimum Gasteiger partial charge on any atom is -0.0587 e. The summed E-state index contributed by atoms with van der Waals surface area (Å²) in [6.45, 7) is 13.0. The Morgan fingerprint density at radius 2 is 1.57 bits per heavy atom. The van der Waals surface area contributed by atoms with Crippen LogP contribution in [0.25, 0.3) is 0 Å². The zero-order valence-electron chi connectivity index (χ0n) is 9.80. The fourth-order valence-electron chi connectivity index (χ4n) is 1.81. The lowest BCUT2D eigenvalue weighted by molar-refractivity contribution is 0.788. The summed E-state index contributed by atoms with van der Waals surface area (Å²) in [5.41, 5.74) is 4.32. The number of benzene rings is 1. The average Bonchev–Trinajstić information content (AvgIpc) is 2.16. The van der Waals surface area contributed by atoms with Crippen LogP contribution < -0.4 is 0 Å². The molecule has 0 N–H and O–H groups in total. The highest BCUT2D eigenvalue weighted by molar-refractivity contribution is 5.36. The van der Waals surface area contributed by atoms with Gasteiger partial charge >= 0.3 is 0 Å². The molecule has 1 aromatic carbocycles. The van der Waals surface area contributed by atoms with E-state index in [0.29, 0.717) is 11.8 Å². The largest absolute Gasteiger partial charge is 0.0587 e. The maximum Gasteiger partial charge on any atom is -0.0216 e. The number of hydrogen-bond donors (Lipinski definition) is 0. The third-order valence-electron chi connectivity index (χ3n) is 2.68. The smallest absolute Gasteiger partial charge is 0.0216 e. The fourth-order valence-corrected chi connectivity index (χ4v) is 1.81. The molecule has 0 aliphatic heterocycles. The second-order valence-corrected chi connectivity index (χ2v) is 4.52. The minimum atomic E-state index is 0.610. The topological polar surface area (TPSA) is 0 Å². The van der Waals surface area contributed by atoms with Crippen LogP contribution in [0.15, 0.2) is 18.2 Å². The van der Waals surface area contributed by atoms with E-state index in [1.165, 1.54) is 16.7 Å². The van der Waals surface area contributed by atoms with Crippen LogP contribution in [0.1, 0.15) is 56.2 Å². The van der Waals surface area contributed by atoms with Crippen LogP contribution in [0.2, 0.25) is 0 Å². The molecular formula is C14H21. The second-order valence-electron chi connectivity index (χ2n) is 4.52. The summed E-state index contributed by atoms with van der Waals surface area (Å²) >= 11 is 0. The molecule has 0 atom stereocenters. The molecular weight excluding hydrogens is 168 g/mol. The van der Waals surface area contributed by atoms with E-state index >= 15 is 0 Å². The van der Waals surface area contributed by atoms with Gasteiger partial charge in [0.05, 0.1) is 0 Å². The maximum atomic E-state index is 3.93. The fraction of sp³-hybridized carbons (Fsp3) is 0.500. The molecule has 0 aromatic heterocycles. The molecule has 0 aliphatic rings. The van der Waals surface area contributed by atoms with Crippen LogP contribution in [0.5, 0.6) is 0 Å². The lowest BCUT2D eigenvalue weighted by Gasteiger charge is -2.16. The van der Waals surface area contributed by atoms with E-state index in [0.717, 1.165) is 6.42 Å². The molecule has 0 heterocycles. The Balaban J connectivity index is 3.17. The summed E-state index contributed by atoms with van der Waals surface area (Å²) in [6.07, 6.45) is 0.887. The molecule has 1 radical (unpaired) electrons. The van der Waals surface area contributed by atoms with Gasteiger partial charge in [0.25, 0.3) is 0 Å². The van der Waals surface area contributed by atoms with Crippen LogP contribution >= 0.6 is 0 Å². The van der Waals surface area contributed by atoms with Crippen LogP contribution in [-0.2, 0) is 6.42 Å². The van der Waals surface area contributed by atoms with Crippen molar-refractivity contribution in [3.05, 3.63) is 41.8 Å². The third-order valence-corrected chi connectivity index (χ3v) is 2.68. The Morgan fingerprint density at radius 3 is 2.00 bits per heavy atom. The van der Waals surface area contributed by atoms with Gasteiger partial charge in [0.2, 0.25) is 0 Å². The van der Waals surface area contributed by atoms with Crippen molar-refractivity contribution in [1.82, 2.24) is 0 Å². The molecule has 0 unspecified atom stereocenters. The van der Waals surface area contributed by atoms with E-state index in [1.54, 1.807) is 0 Å². The minimum absolute atomic E-state index is 0.610. The van der Waals surface area contributed by atoms with Gasteiger partial charge in [0.15, 0.2) is 0 Å². The van der Waals surface area contributed by atoms with Gasteiger partial charge in [-0.1, -0.05) is 45.9 Å². The maximum absolute atomic E-state index is 3.93. The van der Waals surface area contributed by atoms with Crippen molar-refractivity contribution in [3.63, 3.8) is 0 Å². The molecule has 14 heavy (non-hydrogen) atoms. The lowest BCUT2D eigenvalue weighted by Crippen LogP contribution is -1.99. The van der Waals surface area contributed by atoms with Gasteiger partial charge in [-0.25, -0.2) is 0 Å². The summed E-state index contributed by atoms with van der Waals surface area (Å²) in [4.78, 5) is 0.